The minimum atomic E-state index is -1.05. The summed E-state index contributed by atoms with van der Waals surface area (Å²) >= 11 is 6.23. The Bertz CT molecular complexity index is 785. The van der Waals surface area contributed by atoms with Crippen LogP contribution in [0.1, 0.15) is 42.3 Å². The van der Waals surface area contributed by atoms with Gasteiger partial charge < -0.3 is 5.11 Å². The summed E-state index contributed by atoms with van der Waals surface area (Å²) in [5.74, 6) is -1.53. The lowest BCUT2D eigenvalue weighted by atomic mass is 9.86. The SMILES string of the molecule is CC(C)(C)c1ccc(C(=O)NN[C@@H](Cc2ccccc2)C(=O)O)c(Cl)c1. The van der Waals surface area contributed by atoms with Gasteiger partial charge in [-0.1, -0.05) is 68.8 Å². The number of hydrogen-bond donors (Lipinski definition) is 3. The number of carbonyl (C=O) groups is 2. The molecule has 2 aromatic carbocycles. The van der Waals surface area contributed by atoms with Crippen LogP contribution in [-0.4, -0.2) is 23.0 Å². The normalized spacial score (nSPS) is 12.5. The molecule has 1 amide bonds. The van der Waals surface area contributed by atoms with Gasteiger partial charge in [-0.15, -0.1) is 0 Å². The highest BCUT2D eigenvalue weighted by molar-refractivity contribution is 6.33. The number of benzene rings is 2. The molecule has 2 rings (SSSR count). The van der Waals surface area contributed by atoms with Gasteiger partial charge in [0, 0.05) is 6.42 Å². The molecule has 0 aliphatic rings. The molecule has 0 heterocycles. The first kappa shape index (κ1) is 19.9. The number of rotatable bonds is 6. The number of hydrazine groups is 1. The van der Waals surface area contributed by atoms with Crippen molar-refractivity contribution in [1.29, 1.82) is 0 Å². The number of nitrogens with one attached hydrogen (secondary N) is 2. The molecule has 3 N–H and O–H groups in total. The van der Waals surface area contributed by atoms with E-state index in [1.54, 1.807) is 12.1 Å². The van der Waals surface area contributed by atoms with Crippen LogP contribution >= 0.6 is 11.6 Å². The van der Waals surface area contributed by atoms with E-state index in [0.717, 1.165) is 11.1 Å². The number of carbonyl (C=O) groups excluding carboxylic acids is 1. The summed E-state index contributed by atoms with van der Waals surface area (Å²) in [6.45, 7) is 6.17. The van der Waals surface area contributed by atoms with Gasteiger partial charge in [-0.2, -0.15) is 0 Å². The molecule has 0 saturated heterocycles. The predicted molar refractivity (Wildman–Crippen MR) is 102 cm³/mol. The Morgan fingerprint density at radius 3 is 2.31 bits per heavy atom. The number of amides is 1. The molecule has 0 radical (unpaired) electrons. The van der Waals surface area contributed by atoms with Crippen LogP contribution in [0.15, 0.2) is 48.5 Å². The van der Waals surface area contributed by atoms with Crippen molar-refractivity contribution < 1.29 is 14.7 Å². The first-order valence-electron chi connectivity index (χ1n) is 8.31. The number of carboxylic acids is 1. The molecule has 0 saturated carbocycles. The maximum atomic E-state index is 12.4. The van der Waals surface area contributed by atoms with Gasteiger partial charge in [0.1, 0.15) is 6.04 Å². The van der Waals surface area contributed by atoms with E-state index < -0.39 is 17.9 Å². The van der Waals surface area contributed by atoms with Crippen molar-refractivity contribution in [2.75, 3.05) is 0 Å². The van der Waals surface area contributed by atoms with Gasteiger partial charge in [-0.25, -0.2) is 5.43 Å². The zero-order valence-corrected chi connectivity index (χ0v) is 15.8. The second-order valence-electron chi connectivity index (χ2n) is 7.12. The molecule has 0 aliphatic carbocycles. The third-order valence-electron chi connectivity index (χ3n) is 4.02. The monoisotopic (exact) mass is 374 g/mol. The van der Waals surface area contributed by atoms with E-state index in [9.17, 15) is 14.7 Å². The van der Waals surface area contributed by atoms with Crippen LogP contribution in [0.4, 0.5) is 0 Å². The van der Waals surface area contributed by atoms with Crippen LogP contribution in [0.5, 0.6) is 0 Å². The first-order chi connectivity index (χ1) is 12.2. The summed E-state index contributed by atoms with van der Waals surface area (Å²) in [6, 6.07) is 13.5. The van der Waals surface area contributed by atoms with Crippen LogP contribution in [0, 0.1) is 0 Å². The molecule has 0 aromatic heterocycles. The molecular formula is C20H23ClN2O3. The minimum absolute atomic E-state index is 0.0824. The van der Waals surface area contributed by atoms with E-state index in [-0.39, 0.29) is 17.4 Å². The summed E-state index contributed by atoms with van der Waals surface area (Å²) in [7, 11) is 0. The first-order valence-corrected chi connectivity index (χ1v) is 8.69. The highest BCUT2D eigenvalue weighted by atomic mass is 35.5. The Morgan fingerprint density at radius 1 is 1.12 bits per heavy atom. The second kappa shape index (κ2) is 8.34. The van der Waals surface area contributed by atoms with Crippen LogP contribution in [0.2, 0.25) is 5.02 Å². The van der Waals surface area contributed by atoms with Crippen molar-refractivity contribution in [1.82, 2.24) is 10.9 Å². The summed E-state index contributed by atoms with van der Waals surface area (Å²) in [5.41, 5.74) is 7.10. The second-order valence-corrected chi connectivity index (χ2v) is 7.53. The summed E-state index contributed by atoms with van der Waals surface area (Å²) in [6.07, 6.45) is 0.243. The molecule has 2 aromatic rings. The van der Waals surface area contributed by atoms with Crippen molar-refractivity contribution in [2.45, 2.75) is 38.6 Å². The molecule has 1 atom stereocenters. The molecule has 6 heteroatoms. The van der Waals surface area contributed by atoms with Crippen LogP contribution in [0.3, 0.4) is 0 Å². The largest absolute Gasteiger partial charge is 0.480 e. The third-order valence-corrected chi connectivity index (χ3v) is 4.33. The van der Waals surface area contributed by atoms with Gasteiger partial charge in [0.2, 0.25) is 0 Å². The van der Waals surface area contributed by atoms with E-state index in [1.165, 1.54) is 0 Å². The summed E-state index contributed by atoms with van der Waals surface area (Å²) in [5, 5.41) is 9.68. The quantitative estimate of drug-likeness (QED) is 0.675. The Balaban J connectivity index is 2.05. The van der Waals surface area contributed by atoms with Gasteiger partial charge in [0.15, 0.2) is 0 Å². The van der Waals surface area contributed by atoms with Gasteiger partial charge in [0.05, 0.1) is 10.6 Å². The Morgan fingerprint density at radius 2 is 1.77 bits per heavy atom. The van der Waals surface area contributed by atoms with Crippen molar-refractivity contribution in [3.05, 3.63) is 70.2 Å². The number of halogens is 1. The van der Waals surface area contributed by atoms with Gasteiger partial charge in [-0.05, 0) is 28.7 Å². The van der Waals surface area contributed by atoms with Crippen LogP contribution < -0.4 is 10.9 Å². The maximum Gasteiger partial charge on any atom is 0.322 e. The van der Waals surface area contributed by atoms with E-state index in [4.69, 9.17) is 11.6 Å². The molecular weight excluding hydrogens is 352 g/mol. The van der Waals surface area contributed by atoms with Crippen molar-refractivity contribution in [3.8, 4) is 0 Å². The van der Waals surface area contributed by atoms with E-state index >= 15 is 0 Å². The predicted octanol–water partition coefficient (Wildman–Crippen LogP) is 3.57. The lowest BCUT2D eigenvalue weighted by molar-refractivity contribution is -0.139. The highest BCUT2D eigenvalue weighted by Gasteiger charge is 2.21. The van der Waals surface area contributed by atoms with Crippen molar-refractivity contribution in [3.63, 3.8) is 0 Å². The summed E-state index contributed by atoms with van der Waals surface area (Å²) < 4.78 is 0. The Kier molecular flexibility index (Phi) is 6.40. The summed E-state index contributed by atoms with van der Waals surface area (Å²) in [4.78, 5) is 23.8. The van der Waals surface area contributed by atoms with Crippen molar-refractivity contribution in [2.24, 2.45) is 0 Å². The van der Waals surface area contributed by atoms with Crippen LogP contribution in [0.25, 0.3) is 0 Å². The molecule has 0 bridgehead atoms. The molecule has 26 heavy (non-hydrogen) atoms. The number of aliphatic carboxylic acids is 1. The Labute approximate surface area is 158 Å². The lowest BCUT2D eigenvalue weighted by Gasteiger charge is -2.20. The minimum Gasteiger partial charge on any atom is -0.480 e. The molecule has 0 unspecified atom stereocenters. The fourth-order valence-electron chi connectivity index (χ4n) is 2.44. The van der Waals surface area contributed by atoms with Crippen LogP contribution in [-0.2, 0) is 16.6 Å². The third kappa shape index (κ3) is 5.31. The van der Waals surface area contributed by atoms with E-state index in [0.29, 0.717) is 5.02 Å². The average Bonchev–Trinajstić information content (AvgIpc) is 2.58. The van der Waals surface area contributed by atoms with Gasteiger partial charge in [-0.3, -0.25) is 15.0 Å². The Hall–Kier alpha value is -2.37. The topological polar surface area (TPSA) is 78.4 Å². The molecule has 5 nitrogen and oxygen atoms in total. The highest BCUT2D eigenvalue weighted by Crippen LogP contribution is 2.27. The van der Waals surface area contributed by atoms with Gasteiger partial charge >= 0.3 is 5.97 Å². The standard InChI is InChI=1S/C20H23ClN2O3/c1-20(2,3)14-9-10-15(16(21)12-14)18(24)23-22-17(19(25)26)11-13-7-5-4-6-8-13/h4-10,12,17,22H,11H2,1-3H3,(H,23,24)(H,25,26)/t17-/m0/s1. The molecule has 0 aliphatic heterocycles. The van der Waals surface area contributed by atoms with E-state index in [1.807, 2.05) is 36.4 Å². The number of carboxylic acid groups (broad SMARTS) is 1. The maximum absolute atomic E-state index is 12.4. The van der Waals surface area contributed by atoms with E-state index in [2.05, 4.69) is 31.6 Å². The molecule has 0 spiro atoms. The smallest absolute Gasteiger partial charge is 0.322 e. The zero-order valence-electron chi connectivity index (χ0n) is 15.0. The molecule has 138 valence electrons. The molecule has 0 fully saturated rings. The average molecular weight is 375 g/mol. The number of hydrogen-bond acceptors (Lipinski definition) is 3. The fraction of sp³-hybridized carbons (Fsp3) is 0.300. The van der Waals surface area contributed by atoms with Gasteiger partial charge in [0.25, 0.3) is 5.91 Å². The van der Waals surface area contributed by atoms with Crippen molar-refractivity contribution >= 4 is 23.5 Å². The lowest BCUT2D eigenvalue weighted by Crippen LogP contribution is -2.49. The fourth-order valence-corrected chi connectivity index (χ4v) is 2.70. The zero-order chi connectivity index (χ0) is 19.3.